The van der Waals surface area contributed by atoms with Gasteiger partial charge in [0.25, 0.3) is 0 Å². The summed E-state index contributed by atoms with van der Waals surface area (Å²) in [6, 6.07) is 26.3. The van der Waals surface area contributed by atoms with E-state index in [1.165, 1.54) is 0 Å². The lowest BCUT2D eigenvalue weighted by Crippen LogP contribution is -2.61. The first kappa shape index (κ1) is 25.1. The quantitative estimate of drug-likeness (QED) is 0.339. The molecule has 0 spiro atoms. The van der Waals surface area contributed by atoms with Crippen molar-refractivity contribution in [1.29, 1.82) is 0 Å². The van der Waals surface area contributed by atoms with E-state index in [1.54, 1.807) is 60.7 Å². The number of rotatable bonds is 8. The first-order valence-electron chi connectivity index (χ1n) is 11.1. The predicted octanol–water partition coefficient (Wildman–Crippen LogP) is 4.14. The van der Waals surface area contributed by atoms with Crippen molar-refractivity contribution in [3.05, 3.63) is 108 Å². The minimum atomic E-state index is -1.42. The van der Waals surface area contributed by atoms with Gasteiger partial charge in [0.15, 0.2) is 18.5 Å². The van der Waals surface area contributed by atoms with Crippen molar-refractivity contribution in [2.75, 3.05) is 5.33 Å². The number of esters is 2. The Balaban J connectivity index is 1.62. The van der Waals surface area contributed by atoms with Crippen LogP contribution in [0.25, 0.3) is 0 Å². The third kappa shape index (κ3) is 6.35. The summed E-state index contributed by atoms with van der Waals surface area (Å²) in [5.74, 6) is -1.24. The largest absolute Gasteiger partial charge is 0.452 e. The van der Waals surface area contributed by atoms with Gasteiger partial charge in [0.05, 0.1) is 17.7 Å². The van der Waals surface area contributed by atoms with Crippen LogP contribution in [0.1, 0.15) is 26.3 Å². The molecule has 1 fully saturated rings. The van der Waals surface area contributed by atoms with E-state index >= 15 is 0 Å². The first-order valence-corrected chi connectivity index (χ1v) is 12.3. The maximum absolute atomic E-state index is 13.0. The van der Waals surface area contributed by atoms with Crippen molar-refractivity contribution < 1.29 is 33.6 Å². The van der Waals surface area contributed by atoms with E-state index in [1.807, 2.05) is 30.3 Å². The van der Waals surface area contributed by atoms with Crippen LogP contribution in [-0.2, 0) is 25.6 Å². The smallest absolute Gasteiger partial charge is 0.338 e. The molecule has 5 atom stereocenters. The van der Waals surface area contributed by atoms with E-state index in [0.717, 1.165) is 5.56 Å². The van der Waals surface area contributed by atoms with Gasteiger partial charge in [-0.1, -0.05) is 82.7 Å². The third-order valence-corrected chi connectivity index (χ3v) is 6.19. The summed E-state index contributed by atoms with van der Waals surface area (Å²) in [6.07, 6.45) is -5.49. The average molecular weight is 541 g/mol. The molecule has 3 aromatic rings. The van der Waals surface area contributed by atoms with Gasteiger partial charge in [0.2, 0.25) is 0 Å². The van der Waals surface area contributed by atoms with Crippen LogP contribution in [0.2, 0.25) is 0 Å². The van der Waals surface area contributed by atoms with Crippen LogP contribution in [-0.4, -0.2) is 53.1 Å². The topological polar surface area (TPSA) is 91.3 Å². The Hall–Kier alpha value is -3.04. The molecular weight excluding hydrogens is 516 g/mol. The van der Waals surface area contributed by atoms with Crippen LogP contribution >= 0.6 is 15.9 Å². The van der Waals surface area contributed by atoms with Gasteiger partial charge in [-0.25, -0.2) is 9.59 Å². The predicted molar refractivity (Wildman–Crippen MR) is 131 cm³/mol. The van der Waals surface area contributed by atoms with E-state index in [4.69, 9.17) is 18.9 Å². The zero-order valence-electron chi connectivity index (χ0n) is 18.7. The second-order valence-electron chi connectivity index (χ2n) is 7.95. The summed E-state index contributed by atoms with van der Waals surface area (Å²) in [7, 11) is 0. The van der Waals surface area contributed by atoms with Crippen molar-refractivity contribution in [2.45, 2.75) is 37.3 Å². The van der Waals surface area contributed by atoms with Crippen LogP contribution in [0.3, 0.4) is 0 Å². The van der Waals surface area contributed by atoms with Gasteiger partial charge >= 0.3 is 11.9 Å². The SMILES string of the molecule is O=C(O[C@@H]1[C@@H](OCc2ccccc2)[C@@H](O)O[C@H](CBr)[C@H]1OC(=O)c1ccccc1)c1ccccc1. The van der Waals surface area contributed by atoms with Crippen LogP contribution in [0.5, 0.6) is 0 Å². The number of carbonyl (C=O) groups excluding carboxylic acids is 2. The normalized spacial score (nSPS) is 23.9. The molecule has 0 bridgehead atoms. The highest BCUT2D eigenvalue weighted by Gasteiger charge is 2.50. The first-order chi connectivity index (χ1) is 17.1. The lowest BCUT2D eigenvalue weighted by Gasteiger charge is -2.43. The highest BCUT2D eigenvalue weighted by Crippen LogP contribution is 2.30. The fourth-order valence-electron chi connectivity index (χ4n) is 3.77. The standard InChI is InChI=1S/C27H25BrO7/c28-16-21-22(34-25(29)19-12-6-2-7-13-19)23(35-26(30)20-14-8-3-9-15-20)24(27(31)33-21)32-17-18-10-4-1-5-11-18/h1-15,21-24,27,31H,16-17H2/t21-,22-,23+,24-,27+/m1/s1. The van der Waals surface area contributed by atoms with Gasteiger partial charge < -0.3 is 24.1 Å². The molecule has 1 aliphatic rings. The number of hydrogen-bond donors (Lipinski definition) is 1. The van der Waals surface area contributed by atoms with E-state index in [9.17, 15) is 14.7 Å². The van der Waals surface area contributed by atoms with Gasteiger partial charge in [-0.2, -0.15) is 0 Å². The number of halogens is 1. The zero-order valence-corrected chi connectivity index (χ0v) is 20.3. The molecule has 1 saturated heterocycles. The van der Waals surface area contributed by atoms with E-state index < -0.39 is 42.6 Å². The van der Waals surface area contributed by atoms with Crippen LogP contribution < -0.4 is 0 Å². The Labute approximate surface area is 211 Å². The third-order valence-electron chi connectivity index (χ3n) is 5.55. The monoisotopic (exact) mass is 540 g/mol. The molecule has 1 aliphatic heterocycles. The highest BCUT2D eigenvalue weighted by molar-refractivity contribution is 9.09. The van der Waals surface area contributed by atoms with Gasteiger partial charge in [0, 0.05) is 5.33 Å². The summed E-state index contributed by atoms with van der Waals surface area (Å²) in [6.45, 7) is 0.129. The zero-order chi connectivity index (χ0) is 24.6. The maximum atomic E-state index is 13.0. The van der Waals surface area contributed by atoms with E-state index in [-0.39, 0.29) is 11.9 Å². The highest BCUT2D eigenvalue weighted by atomic mass is 79.9. The number of hydrogen-bond acceptors (Lipinski definition) is 7. The fraction of sp³-hybridized carbons (Fsp3) is 0.259. The molecule has 0 aliphatic carbocycles. The van der Waals surface area contributed by atoms with Crippen molar-refractivity contribution in [3.63, 3.8) is 0 Å². The van der Waals surface area contributed by atoms with Crippen LogP contribution in [0.4, 0.5) is 0 Å². The molecule has 0 amide bonds. The fourth-order valence-corrected chi connectivity index (χ4v) is 4.29. The van der Waals surface area contributed by atoms with Crippen molar-refractivity contribution in [1.82, 2.24) is 0 Å². The Morgan fingerprint density at radius 3 is 1.74 bits per heavy atom. The molecule has 4 rings (SSSR count). The summed E-state index contributed by atoms with van der Waals surface area (Å²) in [5, 5.41) is 11.0. The van der Waals surface area contributed by atoms with Crippen LogP contribution in [0, 0.1) is 0 Å². The molecule has 3 aromatic carbocycles. The molecule has 0 unspecified atom stereocenters. The Morgan fingerprint density at radius 2 is 1.23 bits per heavy atom. The molecule has 0 radical (unpaired) electrons. The second kappa shape index (κ2) is 12.1. The molecular formula is C27H25BrO7. The lowest BCUT2D eigenvalue weighted by atomic mass is 9.98. The maximum Gasteiger partial charge on any atom is 0.338 e. The van der Waals surface area contributed by atoms with E-state index in [0.29, 0.717) is 11.1 Å². The summed E-state index contributed by atoms with van der Waals surface area (Å²) < 4.78 is 23.3. The van der Waals surface area contributed by atoms with Gasteiger partial charge in [-0.15, -0.1) is 0 Å². The van der Waals surface area contributed by atoms with Gasteiger partial charge in [-0.3, -0.25) is 0 Å². The van der Waals surface area contributed by atoms with Crippen molar-refractivity contribution in [3.8, 4) is 0 Å². The number of aliphatic hydroxyl groups excluding tert-OH is 1. The Bertz CT molecular complexity index is 1090. The summed E-state index contributed by atoms with van der Waals surface area (Å²) >= 11 is 3.35. The molecule has 1 N–H and O–H groups in total. The minimum absolute atomic E-state index is 0.129. The lowest BCUT2D eigenvalue weighted by molar-refractivity contribution is -0.287. The average Bonchev–Trinajstić information content (AvgIpc) is 2.91. The minimum Gasteiger partial charge on any atom is -0.452 e. The van der Waals surface area contributed by atoms with Gasteiger partial charge in [0.1, 0.15) is 12.2 Å². The van der Waals surface area contributed by atoms with Crippen LogP contribution in [0.15, 0.2) is 91.0 Å². The second-order valence-corrected chi connectivity index (χ2v) is 8.60. The molecule has 182 valence electrons. The van der Waals surface area contributed by atoms with Crippen molar-refractivity contribution >= 4 is 27.9 Å². The number of ether oxygens (including phenoxy) is 4. The molecule has 35 heavy (non-hydrogen) atoms. The molecule has 0 aromatic heterocycles. The number of alkyl halides is 1. The molecule has 7 nitrogen and oxygen atoms in total. The Morgan fingerprint density at radius 1 is 0.743 bits per heavy atom. The molecule has 8 heteroatoms. The van der Waals surface area contributed by atoms with E-state index in [2.05, 4.69) is 15.9 Å². The molecule has 0 saturated carbocycles. The van der Waals surface area contributed by atoms with Gasteiger partial charge in [-0.05, 0) is 29.8 Å². The summed E-state index contributed by atoms with van der Waals surface area (Å²) in [4.78, 5) is 25.9. The Kier molecular flexibility index (Phi) is 8.65. The number of aliphatic hydroxyl groups is 1. The number of benzene rings is 3. The summed E-state index contributed by atoms with van der Waals surface area (Å²) in [5.41, 5.74) is 1.51. The molecule has 1 heterocycles. The van der Waals surface area contributed by atoms with Crippen molar-refractivity contribution in [2.24, 2.45) is 0 Å². The number of carbonyl (C=O) groups is 2.